The molecule has 82 valence electrons. The molecule has 0 spiro atoms. The van der Waals surface area contributed by atoms with Crippen LogP contribution >= 0.6 is 11.6 Å². The van der Waals surface area contributed by atoms with Gasteiger partial charge in [-0.2, -0.15) is 0 Å². The van der Waals surface area contributed by atoms with Crippen molar-refractivity contribution >= 4 is 17.3 Å². The summed E-state index contributed by atoms with van der Waals surface area (Å²) in [7, 11) is 1.68. The highest BCUT2D eigenvalue weighted by Gasteiger charge is 2.21. The molecule has 3 N–H and O–H groups in total. The van der Waals surface area contributed by atoms with E-state index in [9.17, 15) is 0 Å². The smallest absolute Gasteiger partial charge is 0.124 e. The second kappa shape index (κ2) is 4.29. The van der Waals surface area contributed by atoms with Crippen LogP contribution in [-0.2, 0) is 6.42 Å². The van der Waals surface area contributed by atoms with Crippen LogP contribution in [0.3, 0.4) is 0 Å². The third-order valence-corrected chi connectivity index (χ3v) is 3.13. The third-order valence-electron chi connectivity index (χ3n) is 2.81. The number of ether oxygens (including phenoxy) is 1. The number of benzene rings is 1. The zero-order valence-electron chi connectivity index (χ0n) is 8.72. The average Bonchev–Trinajstić information content (AvgIpc) is 2.29. The molecule has 0 aliphatic carbocycles. The standard InChI is InChI=1S/C11H15ClN2O/c1-15-10-5-4-9(12)11-8(10)3-2-7(6-13)14-11/h4-5,7,14H,2-3,6,13H2,1H3. The van der Waals surface area contributed by atoms with E-state index in [1.54, 1.807) is 7.11 Å². The van der Waals surface area contributed by atoms with Crippen LogP contribution in [0.25, 0.3) is 0 Å². The first-order valence-electron chi connectivity index (χ1n) is 5.08. The summed E-state index contributed by atoms with van der Waals surface area (Å²) in [4.78, 5) is 0. The largest absolute Gasteiger partial charge is 0.496 e. The molecule has 1 aliphatic rings. The van der Waals surface area contributed by atoms with Gasteiger partial charge in [0, 0.05) is 18.2 Å². The van der Waals surface area contributed by atoms with Gasteiger partial charge in [-0.15, -0.1) is 0 Å². The van der Waals surface area contributed by atoms with Crippen LogP contribution in [0.15, 0.2) is 12.1 Å². The van der Waals surface area contributed by atoms with Crippen molar-refractivity contribution in [2.75, 3.05) is 19.0 Å². The molecule has 0 saturated carbocycles. The summed E-state index contributed by atoms with van der Waals surface area (Å²) in [6, 6.07) is 4.08. The average molecular weight is 227 g/mol. The summed E-state index contributed by atoms with van der Waals surface area (Å²) in [5.41, 5.74) is 7.79. The minimum Gasteiger partial charge on any atom is -0.496 e. The van der Waals surface area contributed by atoms with Gasteiger partial charge in [-0.3, -0.25) is 0 Å². The molecule has 3 nitrogen and oxygen atoms in total. The molecule has 0 amide bonds. The highest BCUT2D eigenvalue weighted by molar-refractivity contribution is 6.33. The van der Waals surface area contributed by atoms with Crippen molar-refractivity contribution in [1.82, 2.24) is 0 Å². The molecule has 0 aromatic heterocycles. The molecule has 0 radical (unpaired) electrons. The van der Waals surface area contributed by atoms with E-state index < -0.39 is 0 Å². The maximum Gasteiger partial charge on any atom is 0.124 e. The van der Waals surface area contributed by atoms with Gasteiger partial charge in [0.25, 0.3) is 0 Å². The number of nitrogens with two attached hydrogens (primary N) is 1. The Morgan fingerprint density at radius 3 is 3.07 bits per heavy atom. The van der Waals surface area contributed by atoms with Gasteiger partial charge >= 0.3 is 0 Å². The topological polar surface area (TPSA) is 47.3 Å². The molecular formula is C11H15ClN2O. The third kappa shape index (κ3) is 1.90. The number of methoxy groups -OCH3 is 1. The Balaban J connectivity index is 2.40. The number of hydrogen-bond donors (Lipinski definition) is 2. The Morgan fingerprint density at radius 1 is 1.60 bits per heavy atom. The minimum atomic E-state index is 0.321. The molecule has 0 bridgehead atoms. The summed E-state index contributed by atoms with van der Waals surface area (Å²) in [5.74, 6) is 0.900. The number of fused-ring (bicyclic) bond motifs is 1. The Bertz CT molecular complexity index is 368. The molecule has 1 aliphatic heterocycles. The first kappa shape index (κ1) is 10.6. The van der Waals surface area contributed by atoms with Crippen molar-refractivity contribution < 1.29 is 4.74 Å². The van der Waals surface area contributed by atoms with Crippen LogP contribution in [0, 0.1) is 0 Å². The maximum atomic E-state index is 6.13. The van der Waals surface area contributed by atoms with Crippen molar-refractivity contribution in [1.29, 1.82) is 0 Å². The van der Waals surface area contributed by atoms with Crippen molar-refractivity contribution in [3.8, 4) is 5.75 Å². The zero-order valence-corrected chi connectivity index (χ0v) is 9.47. The van der Waals surface area contributed by atoms with E-state index in [0.717, 1.165) is 34.9 Å². The number of nitrogens with one attached hydrogen (secondary N) is 1. The Hall–Kier alpha value is -0.930. The fourth-order valence-corrected chi connectivity index (χ4v) is 2.20. The monoisotopic (exact) mass is 226 g/mol. The summed E-state index contributed by atoms with van der Waals surface area (Å²) < 4.78 is 5.31. The first-order chi connectivity index (χ1) is 7.26. The lowest BCUT2D eigenvalue weighted by Crippen LogP contribution is -2.33. The molecule has 1 atom stereocenters. The van der Waals surface area contributed by atoms with Gasteiger partial charge < -0.3 is 15.8 Å². The van der Waals surface area contributed by atoms with Crippen molar-refractivity contribution in [3.05, 3.63) is 22.7 Å². The number of hydrogen-bond acceptors (Lipinski definition) is 3. The van der Waals surface area contributed by atoms with Crippen LogP contribution in [0.5, 0.6) is 5.75 Å². The maximum absolute atomic E-state index is 6.13. The Morgan fingerprint density at radius 2 is 2.40 bits per heavy atom. The first-order valence-corrected chi connectivity index (χ1v) is 5.46. The molecule has 1 aromatic carbocycles. The van der Waals surface area contributed by atoms with Crippen LogP contribution < -0.4 is 15.8 Å². The highest BCUT2D eigenvalue weighted by atomic mass is 35.5. The van der Waals surface area contributed by atoms with Crippen molar-refractivity contribution in [2.24, 2.45) is 5.73 Å². The van der Waals surface area contributed by atoms with E-state index >= 15 is 0 Å². The van der Waals surface area contributed by atoms with E-state index in [-0.39, 0.29) is 0 Å². The molecule has 2 rings (SSSR count). The second-order valence-electron chi connectivity index (χ2n) is 3.72. The molecule has 1 heterocycles. The lowest BCUT2D eigenvalue weighted by Gasteiger charge is -2.28. The second-order valence-corrected chi connectivity index (χ2v) is 4.13. The van der Waals surface area contributed by atoms with Gasteiger partial charge in [-0.25, -0.2) is 0 Å². The lowest BCUT2D eigenvalue weighted by atomic mass is 9.97. The molecular weight excluding hydrogens is 212 g/mol. The van der Waals surface area contributed by atoms with E-state index in [4.69, 9.17) is 22.1 Å². The number of halogens is 1. The van der Waals surface area contributed by atoms with Crippen LogP contribution in [0.4, 0.5) is 5.69 Å². The highest BCUT2D eigenvalue weighted by Crippen LogP contribution is 2.37. The van der Waals surface area contributed by atoms with Gasteiger partial charge in [0.15, 0.2) is 0 Å². The van der Waals surface area contributed by atoms with Crippen LogP contribution in [0.1, 0.15) is 12.0 Å². The predicted octanol–water partition coefficient (Wildman–Crippen LogP) is 2.03. The van der Waals surface area contributed by atoms with E-state index in [1.165, 1.54) is 0 Å². The van der Waals surface area contributed by atoms with E-state index in [0.29, 0.717) is 12.6 Å². The quantitative estimate of drug-likeness (QED) is 0.811. The van der Waals surface area contributed by atoms with Gasteiger partial charge in [0.05, 0.1) is 17.8 Å². The molecule has 0 fully saturated rings. The van der Waals surface area contributed by atoms with Crippen molar-refractivity contribution in [3.63, 3.8) is 0 Å². The number of rotatable bonds is 2. The van der Waals surface area contributed by atoms with Gasteiger partial charge in [0.1, 0.15) is 5.75 Å². The van der Waals surface area contributed by atoms with Crippen molar-refractivity contribution in [2.45, 2.75) is 18.9 Å². The summed E-state index contributed by atoms with van der Waals surface area (Å²) in [5, 5.41) is 4.09. The summed E-state index contributed by atoms with van der Waals surface area (Å²) in [6.45, 7) is 0.632. The fourth-order valence-electron chi connectivity index (χ4n) is 1.97. The summed E-state index contributed by atoms with van der Waals surface area (Å²) in [6.07, 6.45) is 1.99. The van der Waals surface area contributed by atoms with E-state index in [1.807, 2.05) is 12.1 Å². The molecule has 1 unspecified atom stereocenters. The Kier molecular flexibility index (Phi) is 3.03. The summed E-state index contributed by atoms with van der Waals surface area (Å²) >= 11 is 6.13. The molecule has 1 aromatic rings. The molecule has 4 heteroatoms. The molecule has 0 saturated heterocycles. The number of anilines is 1. The molecule has 15 heavy (non-hydrogen) atoms. The van der Waals surface area contributed by atoms with E-state index in [2.05, 4.69) is 5.32 Å². The normalized spacial score (nSPS) is 19.3. The zero-order chi connectivity index (χ0) is 10.8. The minimum absolute atomic E-state index is 0.321. The van der Waals surface area contributed by atoms with Crippen LogP contribution in [0.2, 0.25) is 5.02 Å². The van der Waals surface area contributed by atoms with Gasteiger partial charge in [-0.05, 0) is 25.0 Å². The lowest BCUT2D eigenvalue weighted by molar-refractivity contribution is 0.407. The van der Waals surface area contributed by atoms with Gasteiger partial charge in [0.2, 0.25) is 0 Å². The van der Waals surface area contributed by atoms with Gasteiger partial charge in [-0.1, -0.05) is 11.6 Å². The van der Waals surface area contributed by atoms with Crippen LogP contribution in [-0.4, -0.2) is 19.7 Å². The SMILES string of the molecule is COc1ccc(Cl)c2c1CCC(CN)N2. The fraction of sp³-hybridized carbons (Fsp3) is 0.455. The predicted molar refractivity (Wildman–Crippen MR) is 62.8 cm³/mol. The Labute approximate surface area is 94.6 Å².